The van der Waals surface area contributed by atoms with Crippen LogP contribution in [0.25, 0.3) is 33.4 Å². The second-order valence-electron chi connectivity index (χ2n) is 9.04. The largest absolute Gasteiger partial charge is 0.497 e. The van der Waals surface area contributed by atoms with Crippen LogP contribution in [0.15, 0.2) is 84.9 Å². The van der Waals surface area contributed by atoms with Gasteiger partial charge in [0.15, 0.2) is 0 Å². The highest BCUT2D eigenvalue weighted by molar-refractivity contribution is 5.92. The maximum atomic E-state index is 5.66. The summed E-state index contributed by atoms with van der Waals surface area (Å²) >= 11 is 0. The predicted octanol–water partition coefficient (Wildman–Crippen LogP) is 9.16. The van der Waals surface area contributed by atoms with Crippen LogP contribution in [0.4, 0.5) is 0 Å². The van der Waals surface area contributed by atoms with Crippen molar-refractivity contribution in [2.75, 3.05) is 7.11 Å². The number of ether oxygens (including phenoxy) is 1. The van der Waals surface area contributed by atoms with E-state index in [0.717, 1.165) is 31.4 Å². The minimum atomic E-state index is 0.882. The summed E-state index contributed by atoms with van der Waals surface area (Å²) in [7, 11) is 1.74. The van der Waals surface area contributed by atoms with Gasteiger partial charge in [0.1, 0.15) is 5.75 Å². The van der Waals surface area contributed by atoms with Gasteiger partial charge < -0.3 is 4.74 Å². The molecular formula is C33H36O. The van der Waals surface area contributed by atoms with E-state index in [1.54, 1.807) is 7.11 Å². The molecular weight excluding hydrogens is 412 g/mol. The van der Waals surface area contributed by atoms with Crippen molar-refractivity contribution in [2.45, 2.75) is 52.9 Å². The second-order valence-corrected chi connectivity index (χ2v) is 9.04. The summed E-state index contributed by atoms with van der Waals surface area (Å²) < 4.78 is 5.66. The van der Waals surface area contributed by atoms with E-state index in [4.69, 9.17) is 4.74 Å². The van der Waals surface area contributed by atoms with Crippen LogP contribution in [0.1, 0.15) is 50.3 Å². The fourth-order valence-electron chi connectivity index (χ4n) is 4.69. The molecule has 0 N–H and O–H groups in total. The smallest absolute Gasteiger partial charge is 0.119 e. The molecule has 0 fully saturated rings. The molecule has 0 unspecified atom stereocenters. The van der Waals surface area contributed by atoms with Gasteiger partial charge in [-0.3, -0.25) is 0 Å². The molecule has 0 saturated heterocycles. The Labute approximate surface area is 205 Å². The van der Waals surface area contributed by atoms with Crippen molar-refractivity contribution in [3.05, 3.63) is 102 Å². The summed E-state index contributed by atoms with van der Waals surface area (Å²) in [5, 5.41) is 0. The highest BCUT2D eigenvalue weighted by Gasteiger charge is 2.15. The molecule has 1 heteroatoms. The molecule has 0 aromatic heterocycles. The van der Waals surface area contributed by atoms with Gasteiger partial charge in [0.05, 0.1) is 7.11 Å². The molecule has 0 aliphatic heterocycles. The monoisotopic (exact) mass is 448 g/mol. The summed E-state index contributed by atoms with van der Waals surface area (Å²) in [4.78, 5) is 0. The fraction of sp³-hybridized carbons (Fsp3) is 0.273. The first-order valence-corrected chi connectivity index (χ1v) is 12.7. The number of hydrogen-bond donors (Lipinski definition) is 0. The van der Waals surface area contributed by atoms with Crippen LogP contribution in [0.2, 0.25) is 0 Å². The molecule has 0 heterocycles. The summed E-state index contributed by atoms with van der Waals surface area (Å²) in [5.74, 6) is 0.882. The molecule has 0 saturated carbocycles. The predicted molar refractivity (Wildman–Crippen MR) is 147 cm³/mol. The Hall–Kier alpha value is -3.32. The SMILES string of the molecule is CCCc1ccc(-c2ccc(CC)cc2-c2cc(OC)ccc2-c2ccc(CCC)cc2)cc1. The Morgan fingerprint density at radius 1 is 0.500 bits per heavy atom. The van der Waals surface area contributed by atoms with Crippen LogP contribution in [0.3, 0.4) is 0 Å². The third kappa shape index (κ3) is 5.25. The summed E-state index contributed by atoms with van der Waals surface area (Å²) in [6.45, 7) is 6.68. The van der Waals surface area contributed by atoms with Crippen molar-refractivity contribution in [2.24, 2.45) is 0 Å². The lowest BCUT2D eigenvalue weighted by atomic mass is 9.87. The Kier molecular flexibility index (Phi) is 7.85. The van der Waals surface area contributed by atoms with Gasteiger partial charge in [0.2, 0.25) is 0 Å². The molecule has 4 aromatic rings. The van der Waals surface area contributed by atoms with Gasteiger partial charge in [-0.1, -0.05) is 106 Å². The molecule has 0 radical (unpaired) electrons. The zero-order valence-electron chi connectivity index (χ0n) is 21.0. The zero-order chi connectivity index (χ0) is 23.9. The van der Waals surface area contributed by atoms with Crippen LogP contribution in [-0.2, 0) is 19.3 Å². The van der Waals surface area contributed by atoms with E-state index in [1.807, 2.05) is 0 Å². The Bertz CT molecular complexity index is 1120. The minimum Gasteiger partial charge on any atom is -0.497 e. The lowest BCUT2D eigenvalue weighted by Crippen LogP contribution is -1.94. The van der Waals surface area contributed by atoms with E-state index in [9.17, 15) is 0 Å². The average Bonchev–Trinajstić information content (AvgIpc) is 2.89. The van der Waals surface area contributed by atoms with Crippen molar-refractivity contribution >= 4 is 0 Å². The molecule has 0 aliphatic rings. The molecule has 1 nitrogen and oxygen atoms in total. The highest BCUT2D eigenvalue weighted by Crippen LogP contribution is 2.41. The van der Waals surface area contributed by atoms with Gasteiger partial charge in [-0.25, -0.2) is 0 Å². The van der Waals surface area contributed by atoms with E-state index in [-0.39, 0.29) is 0 Å². The zero-order valence-corrected chi connectivity index (χ0v) is 21.0. The van der Waals surface area contributed by atoms with Gasteiger partial charge in [0, 0.05) is 0 Å². The van der Waals surface area contributed by atoms with Crippen molar-refractivity contribution < 1.29 is 4.74 Å². The summed E-state index contributed by atoms with van der Waals surface area (Å²) in [6, 6.07) is 31.5. The Balaban J connectivity index is 1.88. The van der Waals surface area contributed by atoms with Crippen LogP contribution in [0.5, 0.6) is 5.75 Å². The first kappa shape index (κ1) is 23.8. The average molecular weight is 449 g/mol. The van der Waals surface area contributed by atoms with Crippen molar-refractivity contribution in [1.82, 2.24) is 0 Å². The maximum absolute atomic E-state index is 5.66. The fourth-order valence-corrected chi connectivity index (χ4v) is 4.69. The van der Waals surface area contributed by atoms with Gasteiger partial charge in [0.25, 0.3) is 0 Å². The number of methoxy groups -OCH3 is 1. The van der Waals surface area contributed by atoms with Crippen molar-refractivity contribution in [1.29, 1.82) is 0 Å². The maximum Gasteiger partial charge on any atom is 0.119 e. The van der Waals surface area contributed by atoms with E-state index in [0.29, 0.717) is 0 Å². The Morgan fingerprint density at radius 2 is 0.971 bits per heavy atom. The lowest BCUT2D eigenvalue weighted by Gasteiger charge is -2.18. The minimum absolute atomic E-state index is 0.882. The molecule has 174 valence electrons. The quantitative estimate of drug-likeness (QED) is 0.248. The summed E-state index contributed by atoms with van der Waals surface area (Å²) in [5.41, 5.74) is 11.6. The van der Waals surface area contributed by atoms with Gasteiger partial charge >= 0.3 is 0 Å². The third-order valence-electron chi connectivity index (χ3n) is 6.62. The normalized spacial score (nSPS) is 10.9. The number of aryl methyl sites for hydroxylation is 3. The molecule has 34 heavy (non-hydrogen) atoms. The van der Waals surface area contributed by atoms with Gasteiger partial charge in [-0.05, 0) is 81.5 Å². The van der Waals surface area contributed by atoms with Crippen molar-refractivity contribution in [3.8, 4) is 39.1 Å². The third-order valence-corrected chi connectivity index (χ3v) is 6.62. The molecule has 0 aliphatic carbocycles. The van der Waals surface area contributed by atoms with Crippen LogP contribution in [0, 0.1) is 0 Å². The lowest BCUT2D eigenvalue weighted by molar-refractivity contribution is 0.415. The van der Waals surface area contributed by atoms with E-state index in [1.165, 1.54) is 56.5 Å². The molecule has 4 aromatic carbocycles. The molecule has 4 rings (SSSR count). The van der Waals surface area contributed by atoms with Crippen LogP contribution in [-0.4, -0.2) is 7.11 Å². The van der Waals surface area contributed by atoms with Crippen LogP contribution < -0.4 is 4.74 Å². The standard InChI is InChI=1S/C33H36O/c1-5-8-25-10-15-27(16-11-25)30-20-14-24(7-3)22-32(30)33-23-29(34-4)19-21-31(33)28-17-12-26(9-6-2)13-18-28/h10-23H,5-9H2,1-4H3. The number of benzene rings is 4. The summed E-state index contributed by atoms with van der Waals surface area (Å²) in [6.07, 6.45) is 5.58. The number of rotatable bonds is 9. The van der Waals surface area contributed by atoms with E-state index in [2.05, 4.69) is 106 Å². The topological polar surface area (TPSA) is 9.23 Å². The van der Waals surface area contributed by atoms with Gasteiger partial charge in [-0.2, -0.15) is 0 Å². The molecule has 0 amide bonds. The second kappa shape index (κ2) is 11.2. The number of hydrogen-bond acceptors (Lipinski definition) is 1. The van der Waals surface area contributed by atoms with E-state index >= 15 is 0 Å². The molecule has 0 spiro atoms. The molecule has 0 atom stereocenters. The van der Waals surface area contributed by atoms with Crippen molar-refractivity contribution in [3.63, 3.8) is 0 Å². The van der Waals surface area contributed by atoms with E-state index < -0.39 is 0 Å². The first-order valence-electron chi connectivity index (χ1n) is 12.7. The first-order chi connectivity index (χ1) is 16.7. The Morgan fingerprint density at radius 3 is 1.44 bits per heavy atom. The van der Waals surface area contributed by atoms with Gasteiger partial charge in [-0.15, -0.1) is 0 Å². The molecule has 0 bridgehead atoms. The van der Waals surface area contributed by atoms with Crippen LogP contribution >= 0.6 is 0 Å². The highest BCUT2D eigenvalue weighted by atomic mass is 16.5.